The Kier molecular flexibility index (Phi) is 2.64. The summed E-state index contributed by atoms with van der Waals surface area (Å²) in [4.78, 5) is 12.0. The number of fused-ring (bicyclic) bond motifs is 1. The van der Waals surface area contributed by atoms with Gasteiger partial charge in [-0.3, -0.25) is 4.79 Å². The molecule has 0 amide bonds. The predicted molar refractivity (Wildman–Crippen MR) is 56.5 cm³/mol. The average Bonchev–Trinajstić information content (AvgIpc) is 2.23. The van der Waals surface area contributed by atoms with Gasteiger partial charge in [-0.05, 0) is 25.5 Å². The fraction of sp³-hybridized carbons (Fsp3) is 0.417. The number of nitrogens with one attached hydrogen (secondary N) is 1. The Morgan fingerprint density at radius 2 is 2.21 bits per heavy atom. The van der Waals surface area contributed by atoms with Crippen molar-refractivity contribution in [1.82, 2.24) is 5.32 Å². The molecule has 1 aromatic rings. The highest BCUT2D eigenvalue weighted by Gasteiger charge is 2.25. The molecule has 2 nitrogen and oxygen atoms in total. The molecule has 0 radical (unpaired) electrons. The van der Waals surface area contributed by atoms with E-state index in [4.69, 9.17) is 0 Å². The molecule has 0 aromatic heterocycles. The van der Waals surface area contributed by atoms with Gasteiger partial charge in [-0.2, -0.15) is 0 Å². The van der Waals surface area contributed by atoms with Crippen molar-refractivity contribution < 1.29 is 4.79 Å². The first-order valence-electron chi connectivity index (χ1n) is 5.09. The molecule has 0 spiro atoms. The minimum absolute atomic E-state index is 0.176. The van der Waals surface area contributed by atoms with Gasteiger partial charge in [-0.15, -0.1) is 0 Å². The van der Waals surface area contributed by atoms with Gasteiger partial charge < -0.3 is 5.32 Å². The molecule has 1 aliphatic rings. The molecule has 1 aromatic carbocycles. The molecule has 0 heterocycles. The lowest BCUT2D eigenvalue weighted by molar-refractivity contribution is 0.0902. The molecular weight excluding hydrogens is 174 g/mol. The summed E-state index contributed by atoms with van der Waals surface area (Å²) in [6.45, 7) is 0.799. The van der Waals surface area contributed by atoms with Crippen molar-refractivity contribution in [1.29, 1.82) is 0 Å². The lowest BCUT2D eigenvalue weighted by atomic mass is 9.83. The fourth-order valence-electron chi connectivity index (χ4n) is 2.10. The van der Waals surface area contributed by atoms with Crippen LogP contribution in [-0.4, -0.2) is 19.4 Å². The zero-order chi connectivity index (χ0) is 9.97. The Morgan fingerprint density at radius 3 is 3.00 bits per heavy atom. The summed E-state index contributed by atoms with van der Waals surface area (Å²) >= 11 is 0. The smallest absolute Gasteiger partial charge is 0.167 e. The predicted octanol–water partition coefficient (Wildman–Crippen LogP) is 1.65. The first-order chi connectivity index (χ1) is 6.83. The number of hydrogen-bond acceptors (Lipinski definition) is 2. The summed E-state index contributed by atoms with van der Waals surface area (Å²) in [6, 6.07) is 7.95. The highest BCUT2D eigenvalue weighted by Crippen LogP contribution is 2.24. The molecule has 0 fully saturated rings. The van der Waals surface area contributed by atoms with Crippen LogP contribution in [0.3, 0.4) is 0 Å². The summed E-state index contributed by atoms with van der Waals surface area (Å²) in [6.07, 6.45) is 2.02. The van der Waals surface area contributed by atoms with Crippen LogP contribution in [0.1, 0.15) is 22.3 Å². The van der Waals surface area contributed by atoms with Crippen molar-refractivity contribution in [2.45, 2.75) is 12.8 Å². The van der Waals surface area contributed by atoms with Crippen molar-refractivity contribution in [3.05, 3.63) is 35.4 Å². The van der Waals surface area contributed by atoms with Crippen LogP contribution in [0.25, 0.3) is 0 Å². The number of Topliss-reactive ketones (excluding diaryl/α,β-unsaturated/α-hetero) is 1. The van der Waals surface area contributed by atoms with Gasteiger partial charge in [-0.25, -0.2) is 0 Å². The maximum atomic E-state index is 12.0. The summed E-state index contributed by atoms with van der Waals surface area (Å²) in [5.74, 6) is 0.482. The second-order valence-electron chi connectivity index (χ2n) is 3.81. The van der Waals surface area contributed by atoms with E-state index in [1.54, 1.807) is 0 Å². The maximum absolute atomic E-state index is 12.0. The Labute approximate surface area is 84.3 Å². The number of hydrogen-bond donors (Lipinski definition) is 1. The molecule has 0 unspecified atom stereocenters. The Morgan fingerprint density at radius 1 is 1.43 bits per heavy atom. The monoisotopic (exact) mass is 189 g/mol. The standard InChI is InChI=1S/C12H15NO/c1-13-8-10-7-6-9-4-2-3-5-11(9)12(10)14/h2-5,10,13H,6-8H2,1H3/t10-/m1/s1. The quantitative estimate of drug-likeness (QED) is 0.766. The highest BCUT2D eigenvalue weighted by atomic mass is 16.1. The van der Waals surface area contributed by atoms with E-state index in [2.05, 4.69) is 11.4 Å². The minimum Gasteiger partial charge on any atom is -0.319 e. The van der Waals surface area contributed by atoms with E-state index in [-0.39, 0.29) is 5.92 Å². The van der Waals surface area contributed by atoms with Gasteiger partial charge in [0.05, 0.1) is 0 Å². The summed E-state index contributed by atoms with van der Waals surface area (Å²) in [7, 11) is 1.90. The Bertz CT molecular complexity index is 346. The second kappa shape index (κ2) is 3.93. The van der Waals surface area contributed by atoms with E-state index in [1.165, 1.54) is 5.56 Å². The van der Waals surface area contributed by atoms with E-state index in [0.717, 1.165) is 24.9 Å². The number of ketones is 1. The molecule has 2 heteroatoms. The number of carbonyl (C=O) groups is 1. The Balaban J connectivity index is 2.27. The highest BCUT2D eigenvalue weighted by molar-refractivity contribution is 6.00. The summed E-state index contributed by atoms with van der Waals surface area (Å²) in [5.41, 5.74) is 2.14. The first kappa shape index (κ1) is 9.41. The van der Waals surface area contributed by atoms with Crippen molar-refractivity contribution >= 4 is 5.78 Å². The van der Waals surface area contributed by atoms with Gasteiger partial charge in [0.2, 0.25) is 0 Å². The third-order valence-corrected chi connectivity index (χ3v) is 2.87. The minimum atomic E-state index is 0.176. The number of aryl methyl sites for hydroxylation is 1. The Hall–Kier alpha value is -1.15. The first-order valence-corrected chi connectivity index (χ1v) is 5.09. The third kappa shape index (κ3) is 1.58. The molecule has 0 bridgehead atoms. The van der Waals surface area contributed by atoms with Crippen molar-refractivity contribution in [3.63, 3.8) is 0 Å². The van der Waals surface area contributed by atoms with Crippen LogP contribution in [0.4, 0.5) is 0 Å². The zero-order valence-corrected chi connectivity index (χ0v) is 8.42. The van der Waals surface area contributed by atoms with Crippen LogP contribution in [0.2, 0.25) is 0 Å². The van der Waals surface area contributed by atoms with Gasteiger partial charge in [0.15, 0.2) is 5.78 Å². The molecule has 14 heavy (non-hydrogen) atoms. The molecule has 0 saturated carbocycles. The molecule has 0 saturated heterocycles. The van der Waals surface area contributed by atoms with Gasteiger partial charge in [0, 0.05) is 18.0 Å². The van der Waals surface area contributed by atoms with Crippen LogP contribution in [0, 0.1) is 5.92 Å². The topological polar surface area (TPSA) is 29.1 Å². The third-order valence-electron chi connectivity index (χ3n) is 2.87. The number of carbonyl (C=O) groups excluding carboxylic acids is 1. The summed E-state index contributed by atoms with van der Waals surface area (Å²) in [5, 5.41) is 3.08. The van der Waals surface area contributed by atoms with E-state index >= 15 is 0 Å². The SMILES string of the molecule is CNC[C@H]1CCc2ccccc2C1=O. The van der Waals surface area contributed by atoms with E-state index in [9.17, 15) is 4.79 Å². The molecule has 1 atom stereocenters. The molecule has 2 rings (SSSR count). The zero-order valence-electron chi connectivity index (χ0n) is 8.42. The van der Waals surface area contributed by atoms with E-state index < -0.39 is 0 Å². The van der Waals surface area contributed by atoms with Gasteiger partial charge in [0.1, 0.15) is 0 Å². The van der Waals surface area contributed by atoms with Gasteiger partial charge >= 0.3 is 0 Å². The lowest BCUT2D eigenvalue weighted by Crippen LogP contribution is -2.30. The van der Waals surface area contributed by atoms with Crippen LogP contribution >= 0.6 is 0 Å². The molecule has 0 aliphatic heterocycles. The fourth-order valence-corrected chi connectivity index (χ4v) is 2.10. The number of rotatable bonds is 2. The lowest BCUT2D eigenvalue weighted by Gasteiger charge is -2.22. The van der Waals surface area contributed by atoms with Crippen molar-refractivity contribution in [2.75, 3.05) is 13.6 Å². The summed E-state index contributed by atoms with van der Waals surface area (Å²) < 4.78 is 0. The normalized spacial score (nSPS) is 20.6. The molecule has 1 aliphatic carbocycles. The average molecular weight is 189 g/mol. The second-order valence-corrected chi connectivity index (χ2v) is 3.81. The van der Waals surface area contributed by atoms with Crippen LogP contribution in [0.15, 0.2) is 24.3 Å². The number of benzene rings is 1. The van der Waals surface area contributed by atoms with E-state index in [0.29, 0.717) is 5.78 Å². The molecule has 74 valence electrons. The van der Waals surface area contributed by atoms with Crippen molar-refractivity contribution in [3.8, 4) is 0 Å². The largest absolute Gasteiger partial charge is 0.319 e. The van der Waals surface area contributed by atoms with Crippen LogP contribution in [-0.2, 0) is 6.42 Å². The van der Waals surface area contributed by atoms with Crippen LogP contribution in [0.5, 0.6) is 0 Å². The maximum Gasteiger partial charge on any atom is 0.167 e. The van der Waals surface area contributed by atoms with Crippen molar-refractivity contribution in [2.24, 2.45) is 5.92 Å². The van der Waals surface area contributed by atoms with Gasteiger partial charge in [0.25, 0.3) is 0 Å². The molecule has 1 N–H and O–H groups in total. The van der Waals surface area contributed by atoms with Gasteiger partial charge in [-0.1, -0.05) is 24.3 Å². The molecular formula is C12H15NO. The van der Waals surface area contributed by atoms with E-state index in [1.807, 2.05) is 25.2 Å². The van der Waals surface area contributed by atoms with Crippen LogP contribution < -0.4 is 5.32 Å².